The van der Waals surface area contributed by atoms with Crippen LogP contribution in [0.3, 0.4) is 0 Å². The van der Waals surface area contributed by atoms with E-state index in [9.17, 15) is 0 Å². The first-order valence-electron chi connectivity index (χ1n) is 7.96. The highest BCUT2D eigenvalue weighted by molar-refractivity contribution is 5.45. The van der Waals surface area contributed by atoms with Gasteiger partial charge in [0.1, 0.15) is 0 Å². The summed E-state index contributed by atoms with van der Waals surface area (Å²) in [7, 11) is 0. The molecule has 0 heterocycles. The Kier molecular flexibility index (Phi) is 5.44. The van der Waals surface area contributed by atoms with Gasteiger partial charge in [0.15, 0.2) is 0 Å². The molecule has 1 nitrogen and oxygen atoms in total. The predicted octanol–water partition coefficient (Wildman–Crippen LogP) is 5.66. The van der Waals surface area contributed by atoms with Gasteiger partial charge in [-0.3, -0.25) is 0 Å². The van der Waals surface area contributed by atoms with Gasteiger partial charge in [0.05, 0.1) is 0 Å². The van der Waals surface area contributed by atoms with E-state index < -0.39 is 0 Å². The summed E-state index contributed by atoms with van der Waals surface area (Å²) < 4.78 is 0. The van der Waals surface area contributed by atoms with Crippen molar-refractivity contribution in [2.75, 3.05) is 11.9 Å². The highest BCUT2D eigenvalue weighted by Crippen LogP contribution is 2.25. The van der Waals surface area contributed by atoms with Gasteiger partial charge in [0.25, 0.3) is 0 Å². The maximum atomic E-state index is 3.59. The Morgan fingerprint density at radius 2 is 1.38 bits per heavy atom. The summed E-state index contributed by atoms with van der Waals surface area (Å²) in [5.41, 5.74) is 4.02. The zero-order chi connectivity index (χ0) is 15.2. The summed E-state index contributed by atoms with van der Waals surface area (Å²) in [5.74, 6) is 1.75. The van der Waals surface area contributed by atoms with Crippen LogP contribution in [-0.4, -0.2) is 6.54 Å². The number of benzene rings is 2. The van der Waals surface area contributed by atoms with E-state index in [4.69, 9.17) is 0 Å². The van der Waals surface area contributed by atoms with Gasteiger partial charge in [-0.1, -0.05) is 70.2 Å². The van der Waals surface area contributed by atoms with Crippen LogP contribution >= 0.6 is 0 Å². The molecule has 0 amide bonds. The van der Waals surface area contributed by atoms with E-state index in [0.29, 0.717) is 17.8 Å². The van der Waals surface area contributed by atoms with Crippen LogP contribution < -0.4 is 5.32 Å². The first-order valence-corrected chi connectivity index (χ1v) is 7.96. The van der Waals surface area contributed by atoms with Gasteiger partial charge in [-0.2, -0.15) is 0 Å². The minimum Gasteiger partial charge on any atom is -0.384 e. The smallest absolute Gasteiger partial charge is 0.0340 e. The average Bonchev–Trinajstić information content (AvgIpc) is 2.48. The van der Waals surface area contributed by atoms with E-state index in [2.05, 4.69) is 87.6 Å². The molecule has 1 heteroatoms. The van der Waals surface area contributed by atoms with Crippen LogP contribution in [0, 0.1) is 5.92 Å². The summed E-state index contributed by atoms with van der Waals surface area (Å²) in [6.45, 7) is 10.0. The average molecular weight is 281 g/mol. The van der Waals surface area contributed by atoms with Crippen molar-refractivity contribution in [2.24, 2.45) is 5.92 Å². The van der Waals surface area contributed by atoms with E-state index in [-0.39, 0.29) is 0 Å². The summed E-state index contributed by atoms with van der Waals surface area (Å²) in [5, 5.41) is 3.59. The molecule has 0 fully saturated rings. The van der Waals surface area contributed by atoms with E-state index in [1.165, 1.54) is 16.8 Å². The normalized spacial score (nSPS) is 12.7. The fourth-order valence-corrected chi connectivity index (χ4v) is 2.65. The van der Waals surface area contributed by atoms with Crippen LogP contribution in [0.1, 0.15) is 50.7 Å². The van der Waals surface area contributed by atoms with E-state index in [1.807, 2.05) is 0 Å². The SMILES string of the molecule is CC(C)c1ccc(NCC(c2ccccc2)C(C)C)cc1. The minimum absolute atomic E-state index is 0.538. The third-order valence-corrected chi connectivity index (χ3v) is 4.14. The third kappa shape index (κ3) is 4.35. The van der Waals surface area contributed by atoms with Crippen molar-refractivity contribution in [2.45, 2.75) is 39.5 Å². The lowest BCUT2D eigenvalue weighted by Crippen LogP contribution is -2.17. The fourth-order valence-electron chi connectivity index (χ4n) is 2.65. The van der Waals surface area contributed by atoms with Crippen molar-refractivity contribution in [3.05, 3.63) is 65.7 Å². The molecule has 0 aliphatic carbocycles. The van der Waals surface area contributed by atoms with Gasteiger partial charge >= 0.3 is 0 Å². The molecule has 1 N–H and O–H groups in total. The molecule has 112 valence electrons. The number of nitrogens with one attached hydrogen (secondary N) is 1. The lowest BCUT2D eigenvalue weighted by molar-refractivity contribution is 0.517. The number of rotatable bonds is 6. The Hall–Kier alpha value is -1.76. The highest BCUT2D eigenvalue weighted by Gasteiger charge is 2.15. The van der Waals surface area contributed by atoms with Crippen LogP contribution in [0.4, 0.5) is 5.69 Å². The molecule has 2 aromatic rings. The molecule has 0 spiro atoms. The quantitative estimate of drug-likeness (QED) is 0.720. The van der Waals surface area contributed by atoms with Crippen molar-refractivity contribution in [3.63, 3.8) is 0 Å². The Morgan fingerprint density at radius 1 is 0.762 bits per heavy atom. The largest absolute Gasteiger partial charge is 0.384 e. The van der Waals surface area contributed by atoms with Crippen LogP contribution in [0.15, 0.2) is 54.6 Å². The molecule has 0 saturated carbocycles. The van der Waals surface area contributed by atoms with Crippen LogP contribution in [0.2, 0.25) is 0 Å². The number of hydrogen-bond acceptors (Lipinski definition) is 1. The van der Waals surface area contributed by atoms with Gasteiger partial charge in [0.2, 0.25) is 0 Å². The number of hydrogen-bond donors (Lipinski definition) is 1. The Balaban J connectivity index is 2.02. The lowest BCUT2D eigenvalue weighted by Gasteiger charge is -2.22. The topological polar surface area (TPSA) is 12.0 Å². The van der Waals surface area contributed by atoms with Gasteiger partial charge in [-0.05, 0) is 35.1 Å². The van der Waals surface area contributed by atoms with Gasteiger partial charge in [-0.25, -0.2) is 0 Å². The first-order chi connectivity index (χ1) is 10.1. The van der Waals surface area contributed by atoms with E-state index in [0.717, 1.165) is 6.54 Å². The molecule has 0 radical (unpaired) electrons. The molecule has 0 aliphatic heterocycles. The standard InChI is InChI=1S/C20H27N/c1-15(2)17-10-12-19(13-11-17)21-14-20(16(3)4)18-8-6-5-7-9-18/h5-13,15-16,20-21H,14H2,1-4H3. The van der Waals surface area contributed by atoms with Gasteiger partial charge in [0, 0.05) is 18.2 Å². The van der Waals surface area contributed by atoms with Gasteiger partial charge in [-0.15, -0.1) is 0 Å². The van der Waals surface area contributed by atoms with Crippen LogP contribution in [-0.2, 0) is 0 Å². The molecular weight excluding hydrogens is 254 g/mol. The molecule has 1 unspecified atom stereocenters. The molecule has 0 bridgehead atoms. The zero-order valence-electron chi connectivity index (χ0n) is 13.6. The molecule has 2 aromatic carbocycles. The van der Waals surface area contributed by atoms with Gasteiger partial charge < -0.3 is 5.32 Å². The maximum Gasteiger partial charge on any atom is 0.0340 e. The third-order valence-electron chi connectivity index (χ3n) is 4.14. The lowest BCUT2D eigenvalue weighted by atomic mass is 9.88. The highest BCUT2D eigenvalue weighted by atomic mass is 14.9. The maximum absolute atomic E-state index is 3.59. The van der Waals surface area contributed by atoms with Crippen LogP contribution in [0.5, 0.6) is 0 Å². The molecule has 2 rings (SSSR count). The summed E-state index contributed by atoms with van der Waals surface area (Å²) >= 11 is 0. The van der Waals surface area contributed by atoms with Crippen LogP contribution in [0.25, 0.3) is 0 Å². The van der Waals surface area contributed by atoms with Crippen molar-refractivity contribution in [1.29, 1.82) is 0 Å². The molecule has 0 aromatic heterocycles. The van der Waals surface area contributed by atoms with Crippen molar-refractivity contribution in [3.8, 4) is 0 Å². The van der Waals surface area contributed by atoms with E-state index >= 15 is 0 Å². The summed E-state index contributed by atoms with van der Waals surface area (Å²) in [6.07, 6.45) is 0. The minimum atomic E-state index is 0.538. The number of anilines is 1. The van der Waals surface area contributed by atoms with Crippen molar-refractivity contribution >= 4 is 5.69 Å². The second-order valence-corrected chi connectivity index (χ2v) is 6.42. The fraction of sp³-hybridized carbons (Fsp3) is 0.400. The Morgan fingerprint density at radius 3 is 1.90 bits per heavy atom. The Labute approximate surface area is 129 Å². The molecular formula is C20H27N. The Bertz CT molecular complexity index is 526. The predicted molar refractivity (Wildman–Crippen MR) is 93.0 cm³/mol. The molecule has 0 saturated heterocycles. The summed E-state index contributed by atoms with van der Waals surface area (Å²) in [6, 6.07) is 19.6. The van der Waals surface area contributed by atoms with Crippen molar-refractivity contribution < 1.29 is 0 Å². The first kappa shape index (κ1) is 15.6. The zero-order valence-corrected chi connectivity index (χ0v) is 13.6. The second-order valence-electron chi connectivity index (χ2n) is 6.42. The summed E-state index contributed by atoms with van der Waals surface area (Å²) in [4.78, 5) is 0. The monoisotopic (exact) mass is 281 g/mol. The van der Waals surface area contributed by atoms with E-state index in [1.54, 1.807) is 0 Å². The molecule has 0 aliphatic rings. The molecule has 1 atom stereocenters. The van der Waals surface area contributed by atoms with Crippen molar-refractivity contribution in [1.82, 2.24) is 0 Å². The molecule has 21 heavy (non-hydrogen) atoms. The second kappa shape index (κ2) is 7.31.